The molecule has 0 fully saturated rings. The topological polar surface area (TPSA) is 208 Å². The second-order valence-electron chi connectivity index (χ2n) is 0.567. The molecule has 0 aliphatic carbocycles. The van der Waals surface area contributed by atoms with Crippen LogP contribution in [-0.4, -0.2) is 23.1 Å². The van der Waals surface area contributed by atoms with Crippen LogP contribution in [0.15, 0.2) is 0 Å². The molecule has 0 unspecified atom stereocenters. The zero-order chi connectivity index (χ0) is 10.7. The molecule has 0 rings (SSSR count). The van der Waals surface area contributed by atoms with E-state index < -0.39 is 32.4 Å². The summed E-state index contributed by atoms with van der Waals surface area (Å²) in [4.78, 5) is 0. The number of halogens is 3. The maximum atomic E-state index is 8.41. The Kier molecular flexibility index (Phi) is 52.2. The molecule has 0 saturated heterocycles. The van der Waals surface area contributed by atoms with Crippen LogP contribution >= 0.6 is 0 Å². The molecule has 0 heterocycles. The normalized spacial score (nSPS) is 7.71. The first-order valence-electron chi connectivity index (χ1n) is 1.39. The summed E-state index contributed by atoms with van der Waals surface area (Å²) in [6.07, 6.45) is 0. The third-order valence-electron chi connectivity index (χ3n) is 0. The van der Waals surface area contributed by atoms with Crippen molar-refractivity contribution in [2.75, 3.05) is 0 Å². The molecule has 0 spiro atoms. The van der Waals surface area contributed by atoms with Gasteiger partial charge in [-0.05, 0) is 0 Å². The van der Waals surface area contributed by atoms with Crippen molar-refractivity contribution in [1.82, 2.24) is 0 Å². The van der Waals surface area contributed by atoms with Crippen molar-refractivity contribution in [3.8, 4) is 0 Å². The first-order valence-corrected chi connectivity index (χ1v) is 4.17. The molecule has 0 aromatic rings. The van der Waals surface area contributed by atoms with Gasteiger partial charge in [0.1, 0.15) is 0 Å². The summed E-state index contributed by atoms with van der Waals surface area (Å²) in [5.41, 5.74) is 0. The SMILES string of the molecule is [Mg+2].[Na+].[O-][Cl+2]([O-])[O-].[O-][Cl+2]([O-])[O-].[O-][Cl+2]([O-])[O-]. The Morgan fingerprint density at radius 1 is 0.429 bits per heavy atom. The van der Waals surface area contributed by atoms with Crippen LogP contribution in [0.5, 0.6) is 0 Å². The van der Waals surface area contributed by atoms with Gasteiger partial charge in [-0.15, -0.1) is 0 Å². The number of hydrogen-bond donors (Lipinski definition) is 0. The predicted octanol–water partition coefficient (Wildman–Crippen LogP) is -14.1. The molecule has 0 saturated carbocycles. The third-order valence-corrected chi connectivity index (χ3v) is 0. The second-order valence-corrected chi connectivity index (χ2v) is 1.70. The Hall–Kier alpha value is 2.28. The molecular weight excluding hydrogens is 298 g/mol. The molecule has 0 N–H and O–H groups in total. The minimum Gasteiger partial charge on any atom is -0.357 e. The van der Waals surface area contributed by atoms with Crippen molar-refractivity contribution < 1.29 is 104 Å². The van der Waals surface area contributed by atoms with Crippen molar-refractivity contribution in [1.29, 1.82) is 0 Å². The first kappa shape index (κ1) is 29.9. The molecule has 0 bridgehead atoms. The van der Waals surface area contributed by atoms with E-state index in [9.17, 15) is 0 Å². The fourth-order valence-corrected chi connectivity index (χ4v) is 0. The average molecular weight is 298 g/mol. The summed E-state index contributed by atoms with van der Waals surface area (Å²) in [5.74, 6) is 0. The van der Waals surface area contributed by atoms with E-state index in [4.69, 9.17) is 41.9 Å². The molecule has 0 radical (unpaired) electrons. The van der Waals surface area contributed by atoms with Crippen LogP contribution in [0.2, 0.25) is 0 Å². The number of rotatable bonds is 0. The Morgan fingerprint density at radius 3 is 0.429 bits per heavy atom. The molecule has 0 aliphatic heterocycles. The van der Waals surface area contributed by atoms with Crippen LogP contribution in [-0.2, 0) is 0 Å². The Labute approximate surface area is 126 Å². The van der Waals surface area contributed by atoms with Crippen molar-refractivity contribution in [2.45, 2.75) is 0 Å². The maximum absolute atomic E-state index is 8.41. The van der Waals surface area contributed by atoms with Crippen LogP contribution in [0.25, 0.3) is 0 Å². The van der Waals surface area contributed by atoms with Gasteiger partial charge in [-0.1, -0.05) is 0 Å². The molecule has 0 aliphatic rings. The van der Waals surface area contributed by atoms with Crippen molar-refractivity contribution in [3.05, 3.63) is 0 Å². The zero-order valence-electron chi connectivity index (χ0n) is 6.52. The predicted molar refractivity (Wildman–Crippen MR) is 5.75 cm³/mol. The first-order chi connectivity index (χ1) is 5.20. The molecule has 0 atom stereocenters. The summed E-state index contributed by atoms with van der Waals surface area (Å²) in [6.45, 7) is 0. The smallest absolute Gasteiger partial charge is 0.357 e. The van der Waals surface area contributed by atoms with E-state index in [1.54, 1.807) is 0 Å². The minimum atomic E-state index is -2.85. The van der Waals surface area contributed by atoms with Gasteiger partial charge in [0.2, 0.25) is 0 Å². The van der Waals surface area contributed by atoms with Gasteiger partial charge < -0.3 is 41.9 Å². The molecule has 14 heavy (non-hydrogen) atoms. The summed E-state index contributed by atoms with van der Waals surface area (Å²) in [6, 6.07) is 0. The van der Waals surface area contributed by atoms with Crippen molar-refractivity contribution in [3.63, 3.8) is 0 Å². The van der Waals surface area contributed by atoms with Crippen LogP contribution in [0.4, 0.5) is 0 Å². The standard InChI is InChI=1S/3ClO3.Mg.Na/c3*2-1(3)4;;/q3*-1;+2;+1. The molecule has 9 nitrogen and oxygen atoms in total. The molecule has 0 aromatic heterocycles. The van der Waals surface area contributed by atoms with Gasteiger partial charge in [0.15, 0.2) is 0 Å². The van der Waals surface area contributed by atoms with E-state index in [1.807, 2.05) is 0 Å². The van der Waals surface area contributed by atoms with E-state index in [0.717, 1.165) is 0 Å². The van der Waals surface area contributed by atoms with Gasteiger partial charge in [0.25, 0.3) is 0 Å². The summed E-state index contributed by atoms with van der Waals surface area (Å²) in [7, 11) is -8.56. The van der Waals surface area contributed by atoms with Gasteiger partial charge >= 0.3 is 52.6 Å². The fourth-order valence-electron chi connectivity index (χ4n) is 0. The van der Waals surface area contributed by atoms with E-state index >= 15 is 0 Å². The molecule has 14 heteroatoms. The maximum Gasteiger partial charge on any atom is 2.00 e. The van der Waals surface area contributed by atoms with E-state index in [2.05, 4.69) is 0 Å². The Bertz CT molecular complexity index is 48.5. The van der Waals surface area contributed by atoms with Gasteiger partial charge in [-0.2, -0.15) is 0 Å². The van der Waals surface area contributed by atoms with E-state index in [1.165, 1.54) is 0 Å². The van der Waals surface area contributed by atoms with Crippen LogP contribution in [0.1, 0.15) is 0 Å². The quantitative estimate of drug-likeness (QED) is 0.388. The van der Waals surface area contributed by atoms with Gasteiger partial charge in [0, 0.05) is 0 Å². The average Bonchev–Trinajstić information content (AvgIpc) is 1.54. The van der Waals surface area contributed by atoms with Gasteiger partial charge in [-0.25, -0.2) is 0 Å². The number of hydrogen-bond acceptors (Lipinski definition) is 9. The van der Waals surface area contributed by atoms with Crippen LogP contribution in [0.3, 0.4) is 0 Å². The summed E-state index contributed by atoms with van der Waals surface area (Å²) in [5, 5.41) is 0. The van der Waals surface area contributed by atoms with Crippen molar-refractivity contribution in [2.24, 2.45) is 0 Å². The summed E-state index contributed by atoms with van der Waals surface area (Å²) < 4.78 is 75.7. The van der Waals surface area contributed by atoms with E-state index in [0.29, 0.717) is 0 Å². The molecule has 0 amide bonds. The summed E-state index contributed by atoms with van der Waals surface area (Å²) >= 11 is 0. The molecular formula is Cl3MgNaO9. The Balaban J connectivity index is -0.0000000270. The third kappa shape index (κ3) is 486. The second kappa shape index (κ2) is 24.5. The van der Waals surface area contributed by atoms with Crippen LogP contribution < -0.4 is 71.5 Å². The minimum absolute atomic E-state index is 0. The van der Waals surface area contributed by atoms with Gasteiger partial charge in [0.05, 0.1) is 32.4 Å². The van der Waals surface area contributed by atoms with E-state index in [-0.39, 0.29) is 52.6 Å². The zero-order valence-corrected chi connectivity index (χ0v) is 12.2. The van der Waals surface area contributed by atoms with Crippen molar-refractivity contribution >= 4 is 23.1 Å². The largest absolute Gasteiger partial charge is 2.00 e. The molecule has 0 aromatic carbocycles. The Morgan fingerprint density at radius 2 is 0.429 bits per heavy atom. The van der Waals surface area contributed by atoms with Gasteiger partial charge in [-0.3, -0.25) is 0 Å². The fraction of sp³-hybridized carbons (Fsp3) is 0. The molecule has 78 valence electrons. The monoisotopic (exact) mass is 296 g/mol. The van der Waals surface area contributed by atoms with Crippen LogP contribution in [0, 0.1) is 32.4 Å².